The fraction of sp³-hybridized carbons (Fsp3) is 1.00. The molecule has 0 spiro atoms. The molecule has 1 rings (SSSR count). The lowest BCUT2D eigenvalue weighted by molar-refractivity contribution is 0.129. The summed E-state index contributed by atoms with van der Waals surface area (Å²) in [5.41, 5.74) is 0. The summed E-state index contributed by atoms with van der Waals surface area (Å²) >= 11 is 0. The van der Waals surface area contributed by atoms with Crippen LogP contribution in [0.2, 0.25) is 0 Å². The summed E-state index contributed by atoms with van der Waals surface area (Å²) in [7, 11) is 2.32. The Morgan fingerprint density at radius 3 is 2.53 bits per heavy atom. The summed E-state index contributed by atoms with van der Waals surface area (Å²) in [6, 6.07) is 1.50. The van der Waals surface area contributed by atoms with E-state index in [0.717, 1.165) is 12.6 Å². The second-order valence-corrected chi connectivity index (χ2v) is 6.14. The van der Waals surface area contributed by atoms with Gasteiger partial charge in [-0.25, -0.2) is 0 Å². The lowest BCUT2D eigenvalue weighted by atomic mass is 10.0. The summed E-state index contributed by atoms with van der Waals surface area (Å²) in [4.78, 5) is 5.17. The first-order valence-corrected chi connectivity index (χ1v) is 8.33. The summed E-state index contributed by atoms with van der Waals surface area (Å²) < 4.78 is 0. The smallest absolute Gasteiger partial charge is 0.0117 e. The Labute approximate surface area is 120 Å². The van der Waals surface area contributed by atoms with E-state index in [4.69, 9.17) is 0 Å². The summed E-state index contributed by atoms with van der Waals surface area (Å²) in [5.74, 6) is 0. The molecule has 0 aromatic rings. The van der Waals surface area contributed by atoms with Gasteiger partial charge in [0.25, 0.3) is 0 Å². The van der Waals surface area contributed by atoms with Crippen LogP contribution in [-0.4, -0.2) is 61.7 Å². The van der Waals surface area contributed by atoms with Crippen molar-refractivity contribution in [3.63, 3.8) is 0 Å². The highest BCUT2D eigenvalue weighted by atomic mass is 15.2. The standard InChI is InChI=1S/C16H35N3/c1-5-11-17-15(3)8-7-12-18(4)16-9-13-19(6-2)14-10-16/h15-17H,5-14H2,1-4H3. The molecule has 3 heteroatoms. The van der Waals surface area contributed by atoms with Crippen LogP contribution >= 0.6 is 0 Å². The van der Waals surface area contributed by atoms with Crippen molar-refractivity contribution in [2.24, 2.45) is 0 Å². The van der Waals surface area contributed by atoms with Crippen molar-refractivity contribution in [3.05, 3.63) is 0 Å². The van der Waals surface area contributed by atoms with Crippen LogP contribution in [0.15, 0.2) is 0 Å². The van der Waals surface area contributed by atoms with Gasteiger partial charge in [-0.3, -0.25) is 0 Å². The van der Waals surface area contributed by atoms with Gasteiger partial charge < -0.3 is 15.1 Å². The number of nitrogens with one attached hydrogen (secondary N) is 1. The molecule has 1 fully saturated rings. The number of rotatable bonds is 9. The van der Waals surface area contributed by atoms with Gasteiger partial charge >= 0.3 is 0 Å². The van der Waals surface area contributed by atoms with E-state index in [1.165, 1.54) is 58.3 Å². The average Bonchev–Trinajstić information content (AvgIpc) is 2.45. The van der Waals surface area contributed by atoms with Crippen molar-refractivity contribution in [1.82, 2.24) is 15.1 Å². The molecule has 1 heterocycles. The van der Waals surface area contributed by atoms with Crippen LogP contribution in [0.3, 0.4) is 0 Å². The number of hydrogen-bond donors (Lipinski definition) is 1. The minimum Gasteiger partial charge on any atom is -0.314 e. The molecule has 3 nitrogen and oxygen atoms in total. The van der Waals surface area contributed by atoms with E-state index in [0.29, 0.717) is 6.04 Å². The third-order valence-electron chi connectivity index (χ3n) is 4.52. The van der Waals surface area contributed by atoms with Crippen LogP contribution in [0.4, 0.5) is 0 Å². The van der Waals surface area contributed by atoms with Crippen LogP contribution in [0.5, 0.6) is 0 Å². The molecule has 0 saturated carbocycles. The number of hydrogen-bond acceptors (Lipinski definition) is 3. The van der Waals surface area contributed by atoms with Crippen molar-refractivity contribution in [2.45, 2.75) is 65.0 Å². The van der Waals surface area contributed by atoms with Gasteiger partial charge in [-0.15, -0.1) is 0 Å². The third kappa shape index (κ3) is 6.73. The predicted molar refractivity (Wildman–Crippen MR) is 84.8 cm³/mol. The fourth-order valence-electron chi connectivity index (χ4n) is 3.00. The number of piperidine rings is 1. The second-order valence-electron chi connectivity index (χ2n) is 6.14. The van der Waals surface area contributed by atoms with Gasteiger partial charge in [-0.2, -0.15) is 0 Å². The monoisotopic (exact) mass is 269 g/mol. The molecule has 0 amide bonds. The molecule has 1 saturated heterocycles. The van der Waals surface area contributed by atoms with Crippen LogP contribution in [-0.2, 0) is 0 Å². The average molecular weight is 269 g/mol. The van der Waals surface area contributed by atoms with E-state index in [9.17, 15) is 0 Å². The maximum Gasteiger partial charge on any atom is 0.0117 e. The first-order valence-electron chi connectivity index (χ1n) is 8.33. The van der Waals surface area contributed by atoms with E-state index in [1.54, 1.807) is 0 Å². The Morgan fingerprint density at radius 2 is 1.95 bits per heavy atom. The molecule has 114 valence electrons. The fourth-order valence-corrected chi connectivity index (χ4v) is 3.00. The van der Waals surface area contributed by atoms with Gasteiger partial charge in [0.05, 0.1) is 0 Å². The van der Waals surface area contributed by atoms with E-state index >= 15 is 0 Å². The van der Waals surface area contributed by atoms with Crippen LogP contribution in [0.1, 0.15) is 52.9 Å². The van der Waals surface area contributed by atoms with Crippen molar-refractivity contribution < 1.29 is 0 Å². The minimum absolute atomic E-state index is 0.676. The minimum atomic E-state index is 0.676. The molecule has 19 heavy (non-hydrogen) atoms. The van der Waals surface area contributed by atoms with Gasteiger partial charge in [0.2, 0.25) is 0 Å². The zero-order chi connectivity index (χ0) is 14.1. The number of likely N-dealkylation sites (tertiary alicyclic amines) is 1. The Hall–Kier alpha value is -0.120. The zero-order valence-electron chi connectivity index (χ0n) is 13.6. The molecule has 1 unspecified atom stereocenters. The normalized spacial score (nSPS) is 20.1. The Balaban J connectivity index is 2.09. The topological polar surface area (TPSA) is 18.5 Å². The Kier molecular flexibility index (Phi) is 8.67. The predicted octanol–water partition coefficient (Wildman–Crippen LogP) is 2.57. The highest BCUT2D eigenvalue weighted by Gasteiger charge is 2.21. The molecule has 0 radical (unpaired) electrons. The summed E-state index contributed by atoms with van der Waals surface area (Å²) in [6.07, 6.45) is 6.57. The van der Waals surface area contributed by atoms with Gasteiger partial charge in [-0.05, 0) is 78.8 Å². The van der Waals surface area contributed by atoms with E-state index in [2.05, 4.69) is 42.9 Å². The number of nitrogens with zero attached hydrogens (tertiary/aromatic N) is 2. The SMILES string of the molecule is CCCNC(C)CCCN(C)C1CCN(CC)CC1. The summed E-state index contributed by atoms with van der Waals surface area (Å²) in [5, 5.41) is 3.57. The van der Waals surface area contributed by atoms with Gasteiger partial charge in [0, 0.05) is 12.1 Å². The first-order chi connectivity index (χ1) is 9.17. The molecule has 1 aliphatic heterocycles. The molecule has 0 aliphatic carbocycles. The third-order valence-corrected chi connectivity index (χ3v) is 4.52. The molecule has 0 aromatic heterocycles. The van der Waals surface area contributed by atoms with E-state index in [1.807, 2.05) is 0 Å². The van der Waals surface area contributed by atoms with Gasteiger partial charge in [0.15, 0.2) is 0 Å². The van der Waals surface area contributed by atoms with Crippen LogP contribution < -0.4 is 5.32 Å². The largest absolute Gasteiger partial charge is 0.314 e. The van der Waals surface area contributed by atoms with E-state index in [-0.39, 0.29) is 0 Å². The highest BCUT2D eigenvalue weighted by molar-refractivity contribution is 4.78. The lowest BCUT2D eigenvalue weighted by Gasteiger charge is -2.36. The molecule has 0 bridgehead atoms. The molecule has 0 aromatic carbocycles. The molecular weight excluding hydrogens is 234 g/mol. The zero-order valence-corrected chi connectivity index (χ0v) is 13.6. The maximum atomic E-state index is 3.57. The highest BCUT2D eigenvalue weighted by Crippen LogP contribution is 2.15. The second kappa shape index (κ2) is 9.73. The van der Waals surface area contributed by atoms with Gasteiger partial charge in [-0.1, -0.05) is 13.8 Å². The van der Waals surface area contributed by atoms with E-state index < -0.39 is 0 Å². The Bertz CT molecular complexity index is 212. The maximum absolute atomic E-state index is 3.57. The van der Waals surface area contributed by atoms with Crippen LogP contribution in [0, 0.1) is 0 Å². The van der Waals surface area contributed by atoms with Crippen molar-refractivity contribution in [2.75, 3.05) is 39.8 Å². The summed E-state index contributed by atoms with van der Waals surface area (Å²) in [6.45, 7) is 13.0. The van der Waals surface area contributed by atoms with Crippen LogP contribution in [0.25, 0.3) is 0 Å². The molecule has 1 atom stereocenters. The molecule has 1 aliphatic rings. The van der Waals surface area contributed by atoms with Gasteiger partial charge in [0.1, 0.15) is 0 Å². The Morgan fingerprint density at radius 1 is 1.26 bits per heavy atom. The molecular formula is C16H35N3. The lowest BCUT2D eigenvalue weighted by Crippen LogP contribution is -2.43. The van der Waals surface area contributed by atoms with Crippen molar-refractivity contribution in [3.8, 4) is 0 Å². The van der Waals surface area contributed by atoms with Crippen molar-refractivity contribution >= 4 is 0 Å². The van der Waals surface area contributed by atoms with Crippen molar-refractivity contribution in [1.29, 1.82) is 0 Å². The quantitative estimate of drug-likeness (QED) is 0.694. The first kappa shape index (κ1) is 16.9. The molecule has 1 N–H and O–H groups in total.